The summed E-state index contributed by atoms with van der Waals surface area (Å²) < 4.78 is 16.3. The Kier molecular flexibility index (Phi) is 6.63. The molecule has 2 aliphatic rings. The highest BCUT2D eigenvalue weighted by molar-refractivity contribution is 6.17. The van der Waals surface area contributed by atoms with Gasteiger partial charge in [-0.25, -0.2) is 9.69 Å². The number of urea groups is 1. The lowest BCUT2D eigenvalue weighted by molar-refractivity contribution is -0.127. The van der Waals surface area contributed by atoms with Crippen molar-refractivity contribution in [3.63, 3.8) is 0 Å². The van der Waals surface area contributed by atoms with Gasteiger partial charge in [-0.1, -0.05) is 37.1 Å². The van der Waals surface area contributed by atoms with Crippen LogP contribution in [-0.2, 0) is 17.8 Å². The first-order chi connectivity index (χ1) is 17.5. The van der Waals surface area contributed by atoms with Crippen molar-refractivity contribution in [3.05, 3.63) is 53.9 Å². The third-order valence-electron chi connectivity index (χ3n) is 7.13. The highest BCUT2D eigenvalue weighted by Crippen LogP contribution is 2.38. The van der Waals surface area contributed by atoms with E-state index in [9.17, 15) is 9.59 Å². The molecule has 0 spiro atoms. The first kappa shape index (κ1) is 23.8. The van der Waals surface area contributed by atoms with Crippen molar-refractivity contribution in [3.8, 4) is 22.9 Å². The Morgan fingerprint density at radius 1 is 1.03 bits per heavy atom. The van der Waals surface area contributed by atoms with Crippen LogP contribution in [-0.4, -0.2) is 47.2 Å². The normalized spacial score (nSPS) is 19.9. The summed E-state index contributed by atoms with van der Waals surface area (Å²) >= 11 is 0. The van der Waals surface area contributed by atoms with E-state index in [0.717, 1.165) is 37.7 Å². The van der Waals surface area contributed by atoms with E-state index in [1.54, 1.807) is 37.3 Å². The van der Waals surface area contributed by atoms with Crippen LogP contribution in [0.4, 0.5) is 10.5 Å². The molecule has 0 bridgehead atoms. The lowest BCUT2D eigenvalue weighted by Gasteiger charge is -2.46. The van der Waals surface area contributed by atoms with Crippen molar-refractivity contribution in [1.29, 1.82) is 0 Å². The molecule has 188 valence electrons. The van der Waals surface area contributed by atoms with E-state index in [2.05, 4.69) is 17.1 Å². The number of aryl methyl sites for hydroxylation is 1. The molecule has 1 aliphatic carbocycles. The molecule has 36 heavy (non-hydrogen) atoms. The molecular weight excluding hydrogens is 460 g/mol. The molecule has 1 saturated heterocycles. The number of aromatic nitrogens is 2. The second-order valence-electron chi connectivity index (χ2n) is 9.14. The molecule has 2 fully saturated rings. The van der Waals surface area contributed by atoms with Crippen LogP contribution in [0.2, 0.25) is 0 Å². The highest BCUT2D eigenvalue weighted by Gasteiger charge is 2.48. The number of carbonyl (C=O) groups excluding carboxylic acids is 2. The number of rotatable bonds is 7. The Hall–Kier alpha value is -3.88. The molecule has 0 radical (unpaired) electrons. The molecule has 0 N–H and O–H groups in total. The Bertz CT molecular complexity index is 1260. The molecule has 1 saturated carbocycles. The van der Waals surface area contributed by atoms with Crippen molar-refractivity contribution < 1.29 is 23.6 Å². The largest absolute Gasteiger partial charge is 0.497 e. The van der Waals surface area contributed by atoms with Crippen LogP contribution in [0.25, 0.3) is 11.4 Å². The predicted molar refractivity (Wildman–Crippen MR) is 133 cm³/mol. The van der Waals surface area contributed by atoms with E-state index < -0.39 is 0 Å². The van der Waals surface area contributed by atoms with E-state index in [-0.39, 0.29) is 30.4 Å². The molecular formula is C27H30N4O5. The fourth-order valence-electron chi connectivity index (χ4n) is 5.16. The van der Waals surface area contributed by atoms with Gasteiger partial charge in [-0.15, -0.1) is 0 Å². The lowest BCUT2D eigenvalue weighted by Crippen LogP contribution is -2.62. The topological polar surface area (TPSA) is 98.0 Å². The van der Waals surface area contributed by atoms with Gasteiger partial charge < -0.3 is 18.9 Å². The van der Waals surface area contributed by atoms with E-state index in [1.165, 1.54) is 4.90 Å². The van der Waals surface area contributed by atoms with Crippen LogP contribution < -0.4 is 14.4 Å². The van der Waals surface area contributed by atoms with Crippen LogP contribution in [0, 0.1) is 5.92 Å². The van der Waals surface area contributed by atoms with Gasteiger partial charge in [0, 0.05) is 12.1 Å². The number of carbonyl (C=O) groups is 2. The minimum Gasteiger partial charge on any atom is -0.497 e. The van der Waals surface area contributed by atoms with Gasteiger partial charge >= 0.3 is 6.03 Å². The Labute approximate surface area is 210 Å². The maximum atomic E-state index is 13.7. The van der Waals surface area contributed by atoms with Crippen molar-refractivity contribution in [2.45, 2.75) is 51.6 Å². The molecule has 2 atom stereocenters. The molecule has 1 aromatic heterocycles. The minimum absolute atomic E-state index is 0.126. The van der Waals surface area contributed by atoms with E-state index in [4.69, 9.17) is 14.0 Å². The average Bonchev–Trinajstić information content (AvgIpc) is 3.39. The number of ether oxygens (including phenoxy) is 2. The van der Waals surface area contributed by atoms with Gasteiger partial charge in [-0.3, -0.25) is 4.79 Å². The summed E-state index contributed by atoms with van der Waals surface area (Å²) in [7, 11) is 3.15. The second kappa shape index (κ2) is 10.0. The molecule has 3 aromatic rings. The number of benzene rings is 2. The third-order valence-corrected chi connectivity index (χ3v) is 7.13. The van der Waals surface area contributed by atoms with Crippen molar-refractivity contribution in [2.75, 3.05) is 19.1 Å². The zero-order valence-corrected chi connectivity index (χ0v) is 20.8. The highest BCUT2D eigenvalue weighted by atomic mass is 16.5. The summed E-state index contributed by atoms with van der Waals surface area (Å²) in [5.74, 6) is 1.49. The van der Waals surface area contributed by atoms with Crippen LogP contribution >= 0.6 is 0 Å². The standard InChI is InChI=1S/C27H30N4O5/c1-4-17-9-11-18(12-10-17)31-26(32)20-7-5-6-8-22(20)30(27(31)33)16-24-28-25(29-36-24)21-14-13-19(34-2)15-23(21)35-3/h9-15,20,22H,4-8,16H2,1-3H3. The lowest BCUT2D eigenvalue weighted by atomic mass is 9.81. The summed E-state index contributed by atoms with van der Waals surface area (Å²) in [5.41, 5.74) is 2.39. The molecule has 2 unspecified atom stereocenters. The number of nitrogens with zero attached hydrogens (tertiary/aromatic N) is 4. The summed E-state index contributed by atoms with van der Waals surface area (Å²) in [6, 6.07) is 12.4. The molecule has 2 aromatic carbocycles. The average molecular weight is 491 g/mol. The minimum atomic E-state index is -0.353. The van der Waals surface area contributed by atoms with Crippen molar-refractivity contribution in [2.24, 2.45) is 5.92 Å². The maximum absolute atomic E-state index is 13.7. The van der Waals surface area contributed by atoms with Gasteiger partial charge in [-0.2, -0.15) is 4.98 Å². The number of methoxy groups -OCH3 is 2. The predicted octanol–water partition coefficient (Wildman–Crippen LogP) is 4.84. The molecule has 5 rings (SSSR count). The van der Waals surface area contributed by atoms with Crippen LogP contribution in [0.5, 0.6) is 11.5 Å². The quantitative estimate of drug-likeness (QED) is 0.467. The number of imide groups is 1. The fraction of sp³-hybridized carbons (Fsp3) is 0.407. The fourth-order valence-corrected chi connectivity index (χ4v) is 5.16. The molecule has 3 amide bonds. The number of anilines is 1. The Morgan fingerprint density at radius 2 is 1.81 bits per heavy atom. The summed E-state index contributed by atoms with van der Waals surface area (Å²) in [6.45, 7) is 2.20. The van der Waals surface area contributed by atoms with Crippen molar-refractivity contribution >= 4 is 17.6 Å². The van der Waals surface area contributed by atoms with Gasteiger partial charge in [0.25, 0.3) is 0 Å². The van der Waals surface area contributed by atoms with E-state index in [1.807, 2.05) is 24.3 Å². The maximum Gasteiger partial charge on any atom is 0.332 e. The van der Waals surface area contributed by atoms with Crippen molar-refractivity contribution in [1.82, 2.24) is 15.0 Å². The van der Waals surface area contributed by atoms with Gasteiger partial charge in [0.2, 0.25) is 17.6 Å². The molecule has 9 heteroatoms. The zero-order chi connectivity index (χ0) is 25.2. The van der Waals surface area contributed by atoms with Gasteiger partial charge in [0.05, 0.1) is 31.4 Å². The molecule has 9 nitrogen and oxygen atoms in total. The van der Waals surface area contributed by atoms with E-state index >= 15 is 0 Å². The number of hydrogen-bond acceptors (Lipinski definition) is 7. The van der Waals surface area contributed by atoms with Crippen LogP contribution in [0.15, 0.2) is 47.0 Å². The smallest absolute Gasteiger partial charge is 0.332 e. The molecule has 2 heterocycles. The Morgan fingerprint density at radius 3 is 2.53 bits per heavy atom. The number of amides is 3. The summed E-state index contributed by atoms with van der Waals surface area (Å²) in [5, 5.41) is 4.13. The van der Waals surface area contributed by atoms with Crippen LogP contribution in [0.1, 0.15) is 44.1 Å². The number of hydrogen-bond donors (Lipinski definition) is 0. The van der Waals surface area contributed by atoms with E-state index in [0.29, 0.717) is 34.5 Å². The van der Waals surface area contributed by atoms with Gasteiger partial charge in [0.1, 0.15) is 18.0 Å². The third kappa shape index (κ3) is 4.29. The number of fused-ring (bicyclic) bond motifs is 1. The first-order valence-corrected chi connectivity index (χ1v) is 12.3. The zero-order valence-electron chi connectivity index (χ0n) is 20.8. The summed E-state index contributed by atoms with van der Waals surface area (Å²) in [6.07, 6.45) is 4.37. The molecule has 1 aliphatic heterocycles. The second-order valence-corrected chi connectivity index (χ2v) is 9.14. The van der Waals surface area contributed by atoms with Gasteiger partial charge in [0.15, 0.2) is 0 Å². The monoisotopic (exact) mass is 490 g/mol. The Balaban J connectivity index is 1.44. The first-order valence-electron chi connectivity index (χ1n) is 12.3. The SMILES string of the molecule is CCc1ccc(N2C(=O)C3CCCCC3N(Cc3nc(-c4ccc(OC)cc4OC)no3)C2=O)cc1. The van der Waals surface area contributed by atoms with Gasteiger partial charge in [-0.05, 0) is 49.1 Å². The summed E-state index contributed by atoms with van der Waals surface area (Å²) in [4.78, 5) is 34.7. The van der Waals surface area contributed by atoms with Crippen LogP contribution in [0.3, 0.4) is 0 Å².